The summed E-state index contributed by atoms with van der Waals surface area (Å²) in [6, 6.07) is 8.97. The number of hydrogen-bond acceptors (Lipinski definition) is 4. The van der Waals surface area contributed by atoms with Gasteiger partial charge in [0.05, 0.1) is 13.2 Å². The van der Waals surface area contributed by atoms with E-state index in [1.807, 2.05) is 4.90 Å². The highest BCUT2D eigenvalue weighted by molar-refractivity contribution is 14.0. The lowest BCUT2D eigenvalue weighted by Gasteiger charge is -2.29. The number of amides is 1. The number of aliphatic imine (C=N–C) groups is 1. The van der Waals surface area contributed by atoms with Crippen molar-refractivity contribution in [3.05, 3.63) is 29.8 Å². The zero-order chi connectivity index (χ0) is 20.8. The van der Waals surface area contributed by atoms with E-state index in [2.05, 4.69) is 44.8 Å². The molecule has 1 atom stereocenters. The van der Waals surface area contributed by atoms with Crippen LogP contribution in [0, 0.1) is 5.92 Å². The van der Waals surface area contributed by atoms with E-state index in [1.54, 1.807) is 7.05 Å². The Kier molecular flexibility index (Phi) is 9.25. The molecule has 0 radical (unpaired) electrons. The minimum absolute atomic E-state index is 0. The van der Waals surface area contributed by atoms with E-state index < -0.39 is 0 Å². The molecule has 1 aromatic rings. The van der Waals surface area contributed by atoms with E-state index in [4.69, 9.17) is 4.74 Å². The number of nitrogens with one attached hydrogen (secondary N) is 2. The standard InChI is InChI=1S/C23H35N5O2.HI/c1-24-23(26-20-10-11-28(17-20)22(29)19-4-2-3-5-19)25-16-18-6-8-21(9-7-18)27-12-14-30-15-13-27;/h6-9,19-20H,2-5,10-17H2,1H3,(H2,24,25,26);1H. The van der Waals surface area contributed by atoms with E-state index >= 15 is 0 Å². The SMILES string of the molecule is CN=C(NCc1ccc(N2CCOCC2)cc1)NC1CCN(C(=O)C2CCCC2)C1.I. The first kappa shape index (κ1) is 24.1. The van der Waals surface area contributed by atoms with Gasteiger partial charge in [0.15, 0.2) is 5.96 Å². The van der Waals surface area contributed by atoms with Crippen LogP contribution in [0.2, 0.25) is 0 Å². The molecule has 3 fully saturated rings. The monoisotopic (exact) mass is 541 g/mol. The summed E-state index contributed by atoms with van der Waals surface area (Å²) in [5.74, 6) is 1.43. The average molecular weight is 541 g/mol. The van der Waals surface area contributed by atoms with E-state index in [0.29, 0.717) is 5.91 Å². The maximum absolute atomic E-state index is 12.6. The highest BCUT2D eigenvalue weighted by Gasteiger charge is 2.32. The second kappa shape index (κ2) is 11.9. The van der Waals surface area contributed by atoms with Crippen molar-refractivity contribution in [2.24, 2.45) is 10.9 Å². The van der Waals surface area contributed by atoms with Gasteiger partial charge in [0.1, 0.15) is 0 Å². The van der Waals surface area contributed by atoms with Crippen LogP contribution in [0.1, 0.15) is 37.7 Å². The summed E-state index contributed by atoms with van der Waals surface area (Å²) in [4.78, 5) is 21.4. The Hall–Kier alpha value is -1.55. The summed E-state index contributed by atoms with van der Waals surface area (Å²) in [5.41, 5.74) is 2.47. The van der Waals surface area contributed by atoms with Crippen molar-refractivity contribution in [2.75, 3.05) is 51.3 Å². The van der Waals surface area contributed by atoms with Crippen LogP contribution < -0.4 is 15.5 Å². The van der Waals surface area contributed by atoms with Gasteiger partial charge in [-0.2, -0.15) is 0 Å². The lowest BCUT2D eigenvalue weighted by atomic mass is 10.1. The summed E-state index contributed by atoms with van der Waals surface area (Å²) in [7, 11) is 1.80. The number of hydrogen-bond donors (Lipinski definition) is 2. The molecule has 1 aliphatic carbocycles. The van der Waals surface area contributed by atoms with Crippen molar-refractivity contribution in [1.29, 1.82) is 0 Å². The number of halogens is 1. The normalized spacial score (nSPS) is 22.4. The van der Waals surface area contributed by atoms with Crippen molar-refractivity contribution in [3.63, 3.8) is 0 Å². The fraction of sp³-hybridized carbons (Fsp3) is 0.652. The number of anilines is 1. The van der Waals surface area contributed by atoms with Gasteiger partial charge in [-0.1, -0.05) is 25.0 Å². The summed E-state index contributed by atoms with van der Waals surface area (Å²) in [5, 5.41) is 6.91. The number of likely N-dealkylation sites (tertiary alicyclic amines) is 1. The molecule has 31 heavy (non-hydrogen) atoms. The second-order valence-electron chi connectivity index (χ2n) is 8.59. The van der Waals surface area contributed by atoms with Crippen molar-refractivity contribution in [3.8, 4) is 0 Å². The van der Waals surface area contributed by atoms with E-state index in [-0.39, 0.29) is 35.9 Å². The smallest absolute Gasteiger partial charge is 0.225 e. The molecule has 0 aromatic heterocycles. The number of benzene rings is 1. The van der Waals surface area contributed by atoms with E-state index in [1.165, 1.54) is 24.1 Å². The largest absolute Gasteiger partial charge is 0.378 e. The molecule has 2 heterocycles. The fourth-order valence-corrected chi connectivity index (χ4v) is 4.73. The van der Waals surface area contributed by atoms with Gasteiger partial charge in [0, 0.05) is 57.4 Å². The van der Waals surface area contributed by atoms with Gasteiger partial charge >= 0.3 is 0 Å². The topological polar surface area (TPSA) is 69.2 Å². The molecule has 3 aliphatic rings. The molecule has 2 N–H and O–H groups in total. The minimum Gasteiger partial charge on any atom is -0.378 e. The molecule has 0 bridgehead atoms. The third-order valence-corrected chi connectivity index (χ3v) is 6.54. The Morgan fingerprint density at radius 3 is 2.48 bits per heavy atom. The maximum atomic E-state index is 12.6. The zero-order valence-corrected chi connectivity index (χ0v) is 20.8. The summed E-state index contributed by atoms with van der Waals surface area (Å²) < 4.78 is 5.43. The quantitative estimate of drug-likeness (QED) is 0.341. The van der Waals surface area contributed by atoms with Gasteiger partial charge < -0.3 is 25.2 Å². The molecule has 1 aromatic carbocycles. The number of ether oxygens (including phenoxy) is 1. The predicted octanol–water partition coefficient (Wildman–Crippen LogP) is 2.60. The van der Waals surface area contributed by atoms with Crippen LogP contribution in [0.5, 0.6) is 0 Å². The van der Waals surface area contributed by atoms with Gasteiger partial charge in [-0.05, 0) is 37.0 Å². The van der Waals surface area contributed by atoms with Crippen molar-refractivity contribution < 1.29 is 9.53 Å². The molecule has 1 amide bonds. The van der Waals surface area contributed by atoms with Crippen molar-refractivity contribution >= 4 is 41.5 Å². The molecule has 2 aliphatic heterocycles. The number of guanidine groups is 1. The van der Waals surface area contributed by atoms with Crippen LogP contribution in [-0.4, -0.2) is 69.2 Å². The molecule has 8 heteroatoms. The maximum Gasteiger partial charge on any atom is 0.225 e. The molecule has 1 unspecified atom stereocenters. The molecule has 2 saturated heterocycles. The second-order valence-corrected chi connectivity index (χ2v) is 8.59. The van der Waals surface area contributed by atoms with Gasteiger partial charge in [0.2, 0.25) is 5.91 Å². The predicted molar refractivity (Wildman–Crippen MR) is 135 cm³/mol. The zero-order valence-electron chi connectivity index (χ0n) is 18.5. The Balaban J connectivity index is 0.00000272. The first-order valence-corrected chi connectivity index (χ1v) is 11.4. The van der Waals surface area contributed by atoms with Crippen LogP contribution in [0.4, 0.5) is 5.69 Å². The molecule has 7 nitrogen and oxygen atoms in total. The van der Waals surface area contributed by atoms with Crippen LogP contribution >= 0.6 is 24.0 Å². The summed E-state index contributed by atoms with van der Waals surface area (Å²) in [6.07, 6.45) is 5.53. The summed E-state index contributed by atoms with van der Waals surface area (Å²) >= 11 is 0. The number of carbonyl (C=O) groups excluding carboxylic acids is 1. The highest BCUT2D eigenvalue weighted by Crippen LogP contribution is 2.27. The molecule has 1 saturated carbocycles. The molecule has 0 spiro atoms. The number of carbonyl (C=O) groups is 1. The Labute approximate surface area is 203 Å². The van der Waals surface area contributed by atoms with Crippen molar-refractivity contribution in [1.82, 2.24) is 15.5 Å². The van der Waals surface area contributed by atoms with Crippen LogP contribution in [0.3, 0.4) is 0 Å². The molecule has 172 valence electrons. The fourth-order valence-electron chi connectivity index (χ4n) is 4.73. The Morgan fingerprint density at radius 1 is 1.10 bits per heavy atom. The van der Waals surface area contributed by atoms with Gasteiger partial charge in [0.25, 0.3) is 0 Å². The Bertz CT molecular complexity index is 730. The minimum atomic E-state index is 0. The third-order valence-electron chi connectivity index (χ3n) is 6.54. The van der Waals surface area contributed by atoms with Gasteiger partial charge in [-0.15, -0.1) is 24.0 Å². The highest BCUT2D eigenvalue weighted by atomic mass is 127. The first-order valence-electron chi connectivity index (χ1n) is 11.4. The first-order chi connectivity index (χ1) is 14.7. The lowest BCUT2D eigenvalue weighted by molar-refractivity contribution is -0.134. The molecule has 4 rings (SSSR count). The molecular formula is C23H36IN5O2. The van der Waals surface area contributed by atoms with Crippen LogP contribution in [0.15, 0.2) is 29.3 Å². The Morgan fingerprint density at radius 2 is 1.81 bits per heavy atom. The number of nitrogens with zero attached hydrogens (tertiary/aromatic N) is 3. The third kappa shape index (κ3) is 6.47. The van der Waals surface area contributed by atoms with Crippen molar-refractivity contribution in [2.45, 2.75) is 44.7 Å². The number of rotatable bonds is 5. The average Bonchev–Trinajstić information content (AvgIpc) is 3.50. The van der Waals surface area contributed by atoms with Gasteiger partial charge in [-0.3, -0.25) is 9.79 Å². The van der Waals surface area contributed by atoms with Crippen LogP contribution in [0.25, 0.3) is 0 Å². The lowest BCUT2D eigenvalue weighted by Crippen LogP contribution is -2.45. The number of morpholine rings is 1. The van der Waals surface area contributed by atoms with E-state index in [9.17, 15) is 4.79 Å². The van der Waals surface area contributed by atoms with Gasteiger partial charge in [-0.25, -0.2) is 0 Å². The van der Waals surface area contributed by atoms with E-state index in [0.717, 1.165) is 71.2 Å². The molecular weight excluding hydrogens is 505 g/mol. The van der Waals surface area contributed by atoms with Crippen LogP contribution in [-0.2, 0) is 16.1 Å². The summed E-state index contributed by atoms with van der Waals surface area (Å²) in [6.45, 7) is 5.87.